The molecule has 32 heavy (non-hydrogen) atoms. The van der Waals surface area contributed by atoms with Crippen LogP contribution in [0.25, 0.3) is 0 Å². The maximum absolute atomic E-state index is 11.3. The van der Waals surface area contributed by atoms with E-state index in [4.69, 9.17) is 14.6 Å². The van der Waals surface area contributed by atoms with Crippen LogP contribution in [0, 0.1) is 0 Å². The average molecular weight is 449 g/mol. The average Bonchev–Trinajstić information content (AvgIpc) is 2.77. The van der Waals surface area contributed by atoms with Gasteiger partial charge in [-0.15, -0.1) is 0 Å². The van der Waals surface area contributed by atoms with Crippen LogP contribution in [0.2, 0.25) is 0 Å². The number of aliphatic carboxylic acids is 1. The molecule has 0 spiro atoms. The summed E-state index contributed by atoms with van der Waals surface area (Å²) in [5, 5.41) is 8.75. The number of hydrogen-bond donors (Lipinski definition) is 1. The second kappa shape index (κ2) is 18.7. The van der Waals surface area contributed by atoms with Crippen LogP contribution in [-0.4, -0.2) is 29.3 Å². The zero-order chi connectivity index (χ0) is 23.4. The molecule has 0 fully saturated rings. The van der Waals surface area contributed by atoms with Crippen molar-refractivity contribution >= 4 is 11.9 Å². The highest BCUT2D eigenvalue weighted by molar-refractivity contribution is 5.66. The summed E-state index contributed by atoms with van der Waals surface area (Å²) in [4.78, 5) is 21.9. The van der Waals surface area contributed by atoms with E-state index < -0.39 is 5.97 Å². The normalized spacial score (nSPS) is 12.9. The standard InChI is InChI=1S/C27H44O5/c1-3-4-17-26(32-23(2)28)20-13-8-12-19-25(18-11-5-6-14-21-27(29)30)31-22-24-15-9-7-10-16-24/h7,9-10,15-16,25-26H,3-6,8,11-14,17-22H2,1-2H3,(H,29,30). The number of esters is 1. The highest BCUT2D eigenvalue weighted by atomic mass is 16.5. The fourth-order valence-electron chi connectivity index (χ4n) is 3.95. The first-order valence-electron chi connectivity index (χ1n) is 12.6. The van der Waals surface area contributed by atoms with Gasteiger partial charge in [-0.05, 0) is 44.1 Å². The summed E-state index contributed by atoms with van der Waals surface area (Å²) in [6.07, 6.45) is 13.9. The quantitative estimate of drug-likeness (QED) is 0.171. The zero-order valence-electron chi connectivity index (χ0n) is 20.2. The molecule has 2 atom stereocenters. The molecule has 182 valence electrons. The van der Waals surface area contributed by atoms with E-state index >= 15 is 0 Å². The Morgan fingerprint density at radius 1 is 0.812 bits per heavy atom. The second-order valence-corrected chi connectivity index (χ2v) is 8.78. The van der Waals surface area contributed by atoms with Crippen molar-refractivity contribution in [3.63, 3.8) is 0 Å². The topological polar surface area (TPSA) is 72.8 Å². The van der Waals surface area contributed by atoms with E-state index in [1.54, 1.807) is 0 Å². The van der Waals surface area contributed by atoms with Gasteiger partial charge in [0.05, 0.1) is 12.7 Å². The smallest absolute Gasteiger partial charge is 0.303 e. The number of benzene rings is 1. The molecular formula is C27H44O5. The molecule has 1 aromatic carbocycles. The summed E-state index contributed by atoms with van der Waals surface area (Å²) < 4.78 is 11.7. The molecule has 1 rings (SSSR count). The summed E-state index contributed by atoms with van der Waals surface area (Å²) in [5.74, 6) is -0.886. The molecule has 0 saturated carbocycles. The van der Waals surface area contributed by atoms with Gasteiger partial charge in [0.25, 0.3) is 0 Å². The number of carbonyl (C=O) groups is 2. The number of carboxylic acids is 1. The predicted molar refractivity (Wildman–Crippen MR) is 129 cm³/mol. The molecule has 0 amide bonds. The molecule has 1 aromatic rings. The molecule has 0 radical (unpaired) electrons. The minimum atomic E-state index is -0.709. The van der Waals surface area contributed by atoms with Crippen LogP contribution in [0.4, 0.5) is 0 Å². The first kappa shape index (κ1) is 28.2. The highest BCUT2D eigenvalue weighted by Gasteiger charge is 2.13. The van der Waals surface area contributed by atoms with Gasteiger partial charge in [0.2, 0.25) is 0 Å². The Morgan fingerprint density at radius 2 is 1.38 bits per heavy atom. The first-order chi connectivity index (χ1) is 15.5. The summed E-state index contributed by atoms with van der Waals surface area (Å²) in [5.41, 5.74) is 1.19. The first-order valence-corrected chi connectivity index (χ1v) is 12.6. The molecule has 5 heteroatoms. The monoisotopic (exact) mass is 448 g/mol. The highest BCUT2D eigenvalue weighted by Crippen LogP contribution is 2.19. The maximum atomic E-state index is 11.3. The molecule has 0 aliphatic carbocycles. The number of unbranched alkanes of at least 4 members (excludes halogenated alkanes) is 6. The molecule has 0 aliphatic rings. The Balaban J connectivity index is 2.34. The van der Waals surface area contributed by atoms with Crippen LogP contribution in [0.15, 0.2) is 30.3 Å². The van der Waals surface area contributed by atoms with Crippen molar-refractivity contribution in [3.8, 4) is 0 Å². The van der Waals surface area contributed by atoms with Crippen molar-refractivity contribution in [1.29, 1.82) is 0 Å². The van der Waals surface area contributed by atoms with Gasteiger partial charge in [0, 0.05) is 13.3 Å². The van der Waals surface area contributed by atoms with E-state index in [2.05, 4.69) is 19.1 Å². The minimum Gasteiger partial charge on any atom is -0.481 e. The number of carbonyl (C=O) groups excluding carboxylic acids is 1. The van der Waals surface area contributed by atoms with E-state index in [-0.39, 0.29) is 24.6 Å². The molecule has 1 N–H and O–H groups in total. The molecule has 5 nitrogen and oxygen atoms in total. The summed E-state index contributed by atoms with van der Waals surface area (Å²) in [7, 11) is 0. The molecule has 0 bridgehead atoms. The summed E-state index contributed by atoms with van der Waals surface area (Å²) in [6.45, 7) is 4.29. The Labute approximate surface area is 194 Å². The summed E-state index contributed by atoms with van der Waals surface area (Å²) >= 11 is 0. The SMILES string of the molecule is CCCCC(CCCCCC(CCCCCCC(=O)O)OCc1ccccc1)OC(C)=O. The molecule has 0 heterocycles. The van der Waals surface area contributed by atoms with Crippen molar-refractivity contribution in [2.45, 2.75) is 123 Å². The molecule has 0 aliphatic heterocycles. The zero-order valence-corrected chi connectivity index (χ0v) is 20.2. The molecule has 2 unspecified atom stereocenters. The minimum absolute atomic E-state index is 0.0587. The maximum Gasteiger partial charge on any atom is 0.303 e. The van der Waals surface area contributed by atoms with E-state index in [1.165, 1.54) is 12.5 Å². The van der Waals surface area contributed by atoms with E-state index in [9.17, 15) is 9.59 Å². The van der Waals surface area contributed by atoms with Crippen molar-refractivity contribution in [3.05, 3.63) is 35.9 Å². The number of rotatable bonds is 20. The Bertz CT molecular complexity index is 601. The largest absolute Gasteiger partial charge is 0.481 e. The van der Waals surface area contributed by atoms with Crippen molar-refractivity contribution < 1.29 is 24.2 Å². The lowest BCUT2D eigenvalue weighted by Gasteiger charge is -2.19. The fraction of sp³-hybridized carbons (Fsp3) is 0.704. The number of hydrogen-bond acceptors (Lipinski definition) is 4. The van der Waals surface area contributed by atoms with Crippen LogP contribution in [-0.2, 0) is 25.7 Å². The Hall–Kier alpha value is -1.88. The van der Waals surface area contributed by atoms with Gasteiger partial charge in [-0.1, -0.05) is 82.2 Å². The van der Waals surface area contributed by atoms with E-state index in [1.807, 2.05) is 18.2 Å². The second-order valence-electron chi connectivity index (χ2n) is 8.78. The Kier molecular flexibility index (Phi) is 16.4. The number of ether oxygens (including phenoxy) is 2. The molecule has 0 aromatic heterocycles. The molecular weight excluding hydrogens is 404 g/mol. The predicted octanol–water partition coefficient (Wildman–Crippen LogP) is 7.07. The lowest BCUT2D eigenvalue weighted by atomic mass is 10.0. The lowest BCUT2D eigenvalue weighted by molar-refractivity contribution is -0.147. The Morgan fingerprint density at radius 3 is 1.97 bits per heavy atom. The van der Waals surface area contributed by atoms with Crippen molar-refractivity contribution in [1.82, 2.24) is 0 Å². The van der Waals surface area contributed by atoms with Crippen LogP contribution < -0.4 is 0 Å². The third-order valence-corrected chi connectivity index (χ3v) is 5.76. The van der Waals surface area contributed by atoms with Gasteiger partial charge in [-0.25, -0.2) is 0 Å². The molecule has 0 saturated heterocycles. The van der Waals surface area contributed by atoms with Crippen LogP contribution in [0.3, 0.4) is 0 Å². The van der Waals surface area contributed by atoms with Crippen molar-refractivity contribution in [2.75, 3.05) is 0 Å². The van der Waals surface area contributed by atoms with Crippen LogP contribution >= 0.6 is 0 Å². The van der Waals surface area contributed by atoms with Crippen LogP contribution in [0.1, 0.15) is 109 Å². The van der Waals surface area contributed by atoms with E-state index in [0.29, 0.717) is 6.61 Å². The third-order valence-electron chi connectivity index (χ3n) is 5.76. The van der Waals surface area contributed by atoms with Gasteiger partial charge in [0.15, 0.2) is 0 Å². The van der Waals surface area contributed by atoms with E-state index in [0.717, 1.165) is 83.5 Å². The van der Waals surface area contributed by atoms with Gasteiger partial charge >= 0.3 is 11.9 Å². The van der Waals surface area contributed by atoms with Gasteiger partial charge in [-0.3, -0.25) is 9.59 Å². The third kappa shape index (κ3) is 15.9. The lowest BCUT2D eigenvalue weighted by Crippen LogP contribution is -2.16. The number of carboxylic acid groups (broad SMARTS) is 1. The fourth-order valence-corrected chi connectivity index (χ4v) is 3.95. The van der Waals surface area contributed by atoms with Gasteiger partial charge in [0.1, 0.15) is 6.10 Å². The van der Waals surface area contributed by atoms with Gasteiger partial charge in [-0.2, -0.15) is 0 Å². The summed E-state index contributed by atoms with van der Waals surface area (Å²) in [6, 6.07) is 10.3. The van der Waals surface area contributed by atoms with Crippen LogP contribution in [0.5, 0.6) is 0 Å². The van der Waals surface area contributed by atoms with Gasteiger partial charge < -0.3 is 14.6 Å². The van der Waals surface area contributed by atoms with Crippen molar-refractivity contribution in [2.24, 2.45) is 0 Å².